The first-order valence-corrected chi connectivity index (χ1v) is 5.05. The van der Waals surface area contributed by atoms with Crippen molar-refractivity contribution in [2.75, 3.05) is 0 Å². The zero-order valence-corrected chi connectivity index (χ0v) is 8.83. The first-order chi connectivity index (χ1) is 7.83. The van der Waals surface area contributed by atoms with Crippen molar-refractivity contribution in [2.45, 2.75) is 0 Å². The van der Waals surface area contributed by atoms with Crippen LogP contribution < -0.4 is 0 Å². The monoisotopic (exact) mass is 210 g/mol. The van der Waals surface area contributed by atoms with Gasteiger partial charge in [0.1, 0.15) is 5.69 Å². The fourth-order valence-corrected chi connectivity index (χ4v) is 1.67. The summed E-state index contributed by atoms with van der Waals surface area (Å²) in [6.45, 7) is 0. The molecule has 4 nitrogen and oxygen atoms in total. The lowest BCUT2D eigenvalue weighted by molar-refractivity contribution is 0.715. The summed E-state index contributed by atoms with van der Waals surface area (Å²) in [5.41, 5.74) is 2.63. The third-order valence-corrected chi connectivity index (χ3v) is 2.46. The average Bonchev–Trinajstić information content (AvgIpc) is 2.75. The fraction of sp³-hybridized carbons (Fsp3) is 0.0833. The summed E-state index contributed by atoms with van der Waals surface area (Å²) in [6.07, 6.45) is 1.86. The molecular weight excluding hydrogens is 200 g/mol. The van der Waals surface area contributed by atoms with Gasteiger partial charge in [0.15, 0.2) is 0 Å². The van der Waals surface area contributed by atoms with Crippen LogP contribution in [0.15, 0.2) is 42.6 Å². The molecule has 78 valence electrons. The van der Waals surface area contributed by atoms with Gasteiger partial charge in [0.05, 0.1) is 17.4 Å². The summed E-state index contributed by atoms with van der Waals surface area (Å²) in [5.74, 6) is 0. The normalized spacial score (nSPS) is 10.8. The molecule has 0 atom stereocenters. The first kappa shape index (κ1) is 9.03. The van der Waals surface area contributed by atoms with Gasteiger partial charge in [0, 0.05) is 12.4 Å². The van der Waals surface area contributed by atoms with E-state index < -0.39 is 0 Å². The maximum atomic E-state index is 4.54. The molecule has 0 unspecified atom stereocenters. The molecule has 0 spiro atoms. The van der Waals surface area contributed by atoms with Crippen molar-refractivity contribution >= 4 is 10.9 Å². The fourth-order valence-electron chi connectivity index (χ4n) is 1.67. The van der Waals surface area contributed by atoms with E-state index in [4.69, 9.17) is 0 Å². The second-order valence-corrected chi connectivity index (χ2v) is 3.67. The average molecular weight is 210 g/mol. The standard InChI is InChI=1S/C12H10N4/c1-16-8-12(14-15-16)11-7-6-9-4-2-3-5-10(9)13-11/h2-8H,1H3. The molecule has 4 heteroatoms. The summed E-state index contributed by atoms with van der Waals surface area (Å²) in [4.78, 5) is 4.54. The van der Waals surface area contributed by atoms with E-state index in [9.17, 15) is 0 Å². The van der Waals surface area contributed by atoms with Gasteiger partial charge in [0.25, 0.3) is 0 Å². The number of aromatic nitrogens is 4. The Balaban J connectivity index is 2.18. The predicted octanol–water partition coefficient (Wildman–Crippen LogP) is 2.03. The molecule has 0 saturated carbocycles. The molecule has 0 aliphatic carbocycles. The minimum atomic E-state index is 0.799. The maximum absolute atomic E-state index is 4.54. The molecule has 2 aromatic heterocycles. The van der Waals surface area contributed by atoms with Crippen LogP contribution in [0.2, 0.25) is 0 Å². The number of rotatable bonds is 1. The molecule has 0 aliphatic rings. The highest BCUT2D eigenvalue weighted by Crippen LogP contribution is 2.18. The molecular formula is C12H10N4. The third kappa shape index (κ3) is 1.44. The van der Waals surface area contributed by atoms with Gasteiger partial charge >= 0.3 is 0 Å². The predicted molar refractivity (Wildman–Crippen MR) is 61.7 cm³/mol. The molecule has 0 N–H and O–H groups in total. The van der Waals surface area contributed by atoms with Crippen LogP contribution in [0.3, 0.4) is 0 Å². The van der Waals surface area contributed by atoms with Crippen molar-refractivity contribution in [1.29, 1.82) is 0 Å². The van der Waals surface area contributed by atoms with Gasteiger partial charge in [-0.15, -0.1) is 5.10 Å². The smallest absolute Gasteiger partial charge is 0.131 e. The molecule has 0 aliphatic heterocycles. The Labute approximate surface area is 92.6 Å². The van der Waals surface area contributed by atoms with Gasteiger partial charge in [-0.3, -0.25) is 4.68 Å². The quantitative estimate of drug-likeness (QED) is 0.617. The number of hydrogen-bond acceptors (Lipinski definition) is 3. The number of pyridine rings is 1. The molecule has 3 rings (SSSR count). The lowest BCUT2D eigenvalue weighted by Crippen LogP contribution is -1.85. The Morgan fingerprint density at radius 3 is 2.69 bits per heavy atom. The van der Waals surface area contributed by atoms with E-state index in [1.165, 1.54) is 0 Å². The van der Waals surface area contributed by atoms with Gasteiger partial charge < -0.3 is 0 Å². The molecule has 0 fully saturated rings. The zero-order valence-electron chi connectivity index (χ0n) is 8.83. The lowest BCUT2D eigenvalue weighted by Gasteiger charge is -1.98. The Morgan fingerprint density at radius 1 is 1.00 bits per heavy atom. The highest BCUT2D eigenvalue weighted by molar-refractivity contribution is 5.80. The number of hydrogen-bond donors (Lipinski definition) is 0. The lowest BCUT2D eigenvalue weighted by atomic mass is 10.2. The van der Waals surface area contributed by atoms with Crippen molar-refractivity contribution in [2.24, 2.45) is 7.05 Å². The third-order valence-electron chi connectivity index (χ3n) is 2.46. The van der Waals surface area contributed by atoms with Crippen LogP contribution in [0.5, 0.6) is 0 Å². The van der Waals surface area contributed by atoms with Crippen molar-refractivity contribution in [3.8, 4) is 11.4 Å². The molecule has 2 heterocycles. The minimum absolute atomic E-state index is 0.799. The van der Waals surface area contributed by atoms with Crippen LogP contribution in [0.4, 0.5) is 0 Å². The van der Waals surface area contributed by atoms with E-state index >= 15 is 0 Å². The molecule has 3 aromatic rings. The molecule has 0 bridgehead atoms. The van der Waals surface area contributed by atoms with Crippen LogP contribution in [-0.2, 0) is 7.05 Å². The van der Waals surface area contributed by atoms with Crippen molar-refractivity contribution < 1.29 is 0 Å². The van der Waals surface area contributed by atoms with Gasteiger partial charge in [0.2, 0.25) is 0 Å². The van der Waals surface area contributed by atoms with E-state index in [-0.39, 0.29) is 0 Å². The Kier molecular flexibility index (Phi) is 1.93. The van der Waals surface area contributed by atoms with Crippen molar-refractivity contribution in [3.63, 3.8) is 0 Å². The maximum Gasteiger partial charge on any atom is 0.131 e. The van der Waals surface area contributed by atoms with E-state index in [1.807, 2.05) is 49.6 Å². The Hall–Kier alpha value is -2.23. The summed E-state index contributed by atoms with van der Waals surface area (Å²) >= 11 is 0. The van der Waals surface area contributed by atoms with Gasteiger partial charge in [-0.2, -0.15) is 0 Å². The Bertz CT molecular complexity index is 642. The summed E-state index contributed by atoms with van der Waals surface area (Å²) < 4.78 is 1.67. The van der Waals surface area contributed by atoms with Crippen LogP contribution in [-0.4, -0.2) is 20.0 Å². The topological polar surface area (TPSA) is 43.6 Å². The van der Waals surface area contributed by atoms with Crippen LogP contribution in [0.25, 0.3) is 22.3 Å². The Morgan fingerprint density at radius 2 is 1.88 bits per heavy atom. The van der Waals surface area contributed by atoms with Gasteiger partial charge in [-0.25, -0.2) is 4.98 Å². The molecule has 1 aromatic carbocycles. The van der Waals surface area contributed by atoms with E-state index in [1.54, 1.807) is 4.68 Å². The number of benzene rings is 1. The second kappa shape index (κ2) is 3.41. The van der Waals surface area contributed by atoms with Crippen molar-refractivity contribution in [3.05, 3.63) is 42.6 Å². The molecule has 0 saturated heterocycles. The van der Waals surface area contributed by atoms with Crippen molar-refractivity contribution in [1.82, 2.24) is 20.0 Å². The summed E-state index contributed by atoms with van der Waals surface area (Å²) in [7, 11) is 1.84. The molecule has 0 radical (unpaired) electrons. The van der Waals surface area contributed by atoms with Crippen LogP contribution >= 0.6 is 0 Å². The van der Waals surface area contributed by atoms with Crippen LogP contribution in [0, 0.1) is 0 Å². The van der Waals surface area contributed by atoms with Gasteiger partial charge in [-0.1, -0.05) is 29.5 Å². The number of aryl methyl sites for hydroxylation is 1. The summed E-state index contributed by atoms with van der Waals surface area (Å²) in [5, 5.41) is 9.08. The van der Waals surface area contributed by atoms with Gasteiger partial charge in [-0.05, 0) is 12.1 Å². The summed E-state index contributed by atoms with van der Waals surface area (Å²) in [6, 6.07) is 12.0. The van der Waals surface area contributed by atoms with E-state index in [0.717, 1.165) is 22.3 Å². The number of para-hydroxylation sites is 1. The molecule has 16 heavy (non-hydrogen) atoms. The minimum Gasteiger partial charge on any atom is -0.255 e. The second-order valence-electron chi connectivity index (χ2n) is 3.67. The van der Waals surface area contributed by atoms with E-state index in [2.05, 4.69) is 15.3 Å². The highest BCUT2D eigenvalue weighted by Gasteiger charge is 2.04. The number of nitrogens with zero attached hydrogens (tertiary/aromatic N) is 4. The molecule has 0 amide bonds. The zero-order chi connectivity index (χ0) is 11.0. The SMILES string of the molecule is Cn1cc(-c2ccc3ccccc3n2)nn1. The van der Waals surface area contributed by atoms with Crippen LogP contribution in [0.1, 0.15) is 0 Å². The first-order valence-electron chi connectivity index (χ1n) is 5.05. The van der Waals surface area contributed by atoms with E-state index in [0.29, 0.717) is 0 Å². The largest absolute Gasteiger partial charge is 0.255 e. The number of fused-ring (bicyclic) bond motifs is 1. The highest BCUT2D eigenvalue weighted by atomic mass is 15.4.